The van der Waals surface area contributed by atoms with Gasteiger partial charge < -0.3 is 15.9 Å². The molecule has 0 aromatic rings. The normalized spacial score (nSPS) is 16.6. The summed E-state index contributed by atoms with van der Waals surface area (Å²) in [5, 5.41) is 18.5. The molecule has 0 aliphatic rings. The number of aliphatic hydroxyl groups is 2. The molecule has 0 rings (SSSR count). The van der Waals surface area contributed by atoms with Crippen molar-refractivity contribution in [1.82, 2.24) is 0 Å². The molecular formula is C8H19NO2. The predicted octanol–water partition coefficient (Wildman–Crippen LogP) is 0.451. The van der Waals surface area contributed by atoms with E-state index in [2.05, 4.69) is 0 Å². The highest BCUT2D eigenvalue weighted by Crippen LogP contribution is 2.29. The Morgan fingerprint density at radius 1 is 1.27 bits per heavy atom. The third-order valence-electron chi connectivity index (χ3n) is 1.69. The van der Waals surface area contributed by atoms with E-state index in [4.69, 9.17) is 10.8 Å². The molecule has 0 aromatic heterocycles. The summed E-state index contributed by atoms with van der Waals surface area (Å²) >= 11 is 0. The summed E-state index contributed by atoms with van der Waals surface area (Å²) in [6.45, 7) is 7.07. The zero-order valence-corrected chi connectivity index (χ0v) is 7.76. The van der Waals surface area contributed by atoms with Crippen molar-refractivity contribution in [3.05, 3.63) is 0 Å². The highest BCUT2D eigenvalue weighted by molar-refractivity contribution is 4.81. The SMILES string of the molecule is CC(C)(O)CC(C)(C)C(N)O. The van der Waals surface area contributed by atoms with Gasteiger partial charge in [0.25, 0.3) is 0 Å². The molecule has 68 valence electrons. The number of hydrogen-bond acceptors (Lipinski definition) is 3. The van der Waals surface area contributed by atoms with E-state index in [9.17, 15) is 5.11 Å². The van der Waals surface area contributed by atoms with Crippen LogP contribution in [-0.2, 0) is 0 Å². The Bertz CT molecular complexity index is 125. The Labute approximate surface area is 68.2 Å². The van der Waals surface area contributed by atoms with Gasteiger partial charge in [-0.05, 0) is 20.3 Å². The number of hydrogen-bond donors (Lipinski definition) is 3. The van der Waals surface area contributed by atoms with E-state index in [0.29, 0.717) is 6.42 Å². The third-order valence-corrected chi connectivity index (χ3v) is 1.69. The fourth-order valence-corrected chi connectivity index (χ4v) is 1.22. The lowest BCUT2D eigenvalue weighted by Crippen LogP contribution is -2.41. The van der Waals surface area contributed by atoms with Gasteiger partial charge in [-0.3, -0.25) is 0 Å². The summed E-state index contributed by atoms with van der Waals surface area (Å²) in [6, 6.07) is 0. The fourth-order valence-electron chi connectivity index (χ4n) is 1.22. The van der Waals surface area contributed by atoms with Crippen molar-refractivity contribution in [2.24, 2.45) is 11.1 Å². The largest absolute Gasteiger partial charge is 0.390 e. The van der Waals surface area contributed by atoms with Crippen LogP contribution in [-0.4, -0.2) is 22.0 Å². The van der Waals surface area contributed by atoms with E-state index in [0.717, 1.165) is 0 Å². The zero-order valence-electron chi connectivity index (χ0n) is 7.76. The third kappa shape index (κ3) is 4.35. The topological polar surface area (TPSA) is 66.5 Å². The highest BCUT2D eigenvalue weighted by Gasteiger charge is 2.31. The monoisotopic (exact) mass is 161 g/mol. The van der Waals surface area contributed by atoms with Gasteiger partial charge in [0.1, 0.15) is 6.23 Å². The van der Waals surface area contributed by atoms with Crippen molar-refractivity contribution in [3.8, 4) is 0 Å². The van der Waals surface area contributed by atoms with Crippen LogP contribution in [0.4, 0.5) is 0 Å². The van der Waals surface area contributed by atoms with Gasteiger partial charge in [-0.1, -0.05) is 13.8 Å². The van der Waals surface area contributed by atoms with E-state index in [1.54, 1.807) is 13.8 Å². The quantitative estimate of drug-likeness (QED) is 0.526. The van der Waals surface area contributed by atoms with Crippen LogP contribution < -0.4 is 5.73 Å². The van der Waals surface area contributed by atoms with E-state index < -0.39 is 17.2 Å². The van der Waals surface area contributed by atoms with Gasteiger partial charge in [0.05, 0.1) is 5.60 Å². The first kappa shape index (κ1) is 10.9. The van der Waals surface area contributed by atoms with Gasteiger partial charge in [0.2, 0.25) is 0 Å². The maximum absolute atomic E-state index is 9.44. The summed E-state index contributed by atoms with van der Waals surface area (Å²) in [4.78, 5) is 0. The first-order chi connectivity index (χ1) is 4.65. The fraction of sp³-hybridized carbons (Fsp3) is 1.00. The Hall–Kier alpha value is -0.120. The van der Waals surface area contributed by atoms with Crippen molar-refractivity contribution >= 4 is 0 Å². The smallest absolute Gasteiger partial charge is 0.107 e. The minimum atomic E-state index is -0.881. The van der Waals surface area contributed by atoms with E-state index in [1.807, 2.05) is 13.8 Å². The van der Waals surface area contributed by atoms with Crippen LogP contribution >= 0.6 is 0 Å². The van der Waals surface area contributed by atoms with Gasteiger partial charge in [-0.2, -0.15) is 0 Å². The summed E-state index contributed by atoms with van der Waals surface area (Å²) in [7, 11) is 0. The van der Waals surface area contributed by atoms with Crippen LogP contribution in [0.5, 0.6) is 0 Å². The van der Waals surface area contributed by atoms with Crippen molar-refractivity contribution in [2.75, 3.05) is 0 Å². The van der Waals surface area contributed by atoms with Crippen LogP contribution in [0.25, 0.3) is 0 Å². The highest BCUT2D eigenvalue weighted by atomic mass is 16.3. The van der Waals surface area contributed by atoms with Crippen molar-refractivity contribution in [2.45, 2.75) is 45.9 Å². The molecule has 1 atom stereocenters. The lowest BCUT2D eigenvalue weighted by Gasteiger charge is -2.33. The molecule has 0 amide bonds. The molecule has 4 N–H and O–H groups in total. The van der Waals surface area contributed by atoms with Crippen LogP contribution in [0.15, 0.2) is 0 Å². The Morgan fingerprint density at radius 2 is 1.64 bits per heavy atom. The van der Waals surface area contributed by atoms with Gasteiger partial charge in [-0.25, -0.2) is 0 Å². The Kier molecular flexibility index (Phi) is 3.06. The molecule has 1 unspecified atom stereocenters. The van der Waals surface area contributed by atoms with Crippen LogP contribution in [0.3, 0.4) is 0 Å². The summed E-state index contributed by atoms with van der Waals surface area (Å²) in [6.07, 6.45) is -0.397. The average molecular weight is 161 g/mol. The first-order valence-electron chi connectivity index (χ1n) is 3.81. The predicted molar refractivity (Wildman–Crippen MR) is 44.9 cm³/mol. The molecule has 11 heavy (non-hydrogen) atoms. The number of rotatable bonds is 3. The van der Waals surface area contributed by atoms with E-state index >= 15 is 0 Å². The van der Waals surface area contributed by atoms with Gasteiger partial charge in [0.15, 0.2) is 0 Å². The second-order valence-corrected chi connectivity index (χ2v) is 4.42. The van der Waals surface area contributed by atoms with Gasteiger partial charge in [-0.15, -0.1) is 0 Å². The summed E-state index contributed by atoms with van der Waals surface area (Å²) < 4.78 is 0. The molecule has 0 spiro atoms. The molecule has 0 saturated carbocycles. The summed E-state index contributed by atoms with van der Waals surface area (Å²) in [5.74, 6) is 0. The average Bonchev–Trinajstić information content (AvgIpc) is 1.56. The van der Waals surface area contributed by atoms with Gasteiger partial charge >= 0.3 is 0 Å². The number of nitrogens with two attached hydrogens (primary N) is 1. The molecule has 3 heteroatoms. The molecular weight excluding hydrogens is 142 g/mol. The van der Waals surface area contributed by atoms with Crippen LogP contribution in [0.1, 0.15) is 34.1 Å². The van der Waals surface area contributed by atoms with Crippen LogP contribution in [0, 0.1) is 5.41 Å². The van der Waals surface area contributed by atoms with Crippen molar-refractivity contribution in [1.29, 1.82) is 0 Å². The molecule has 0 heterocycles. The maximum Gasteiger partial charge on any atom is 0.107 e. The molecule has 0 radical (unpaired) electrons. The minimum absolute atomic E-state index is 0.432. The molecule has 3 nitrogen and oxygen atoms in total. The van der Waals surface area contributed by atoms with E-state index in [1.165, 1.54) is 0 Å². The molecule has 0 aliphatic heterocycles. The molecule has 0 aromatic carbocycles. The second-order valence-electron chi connectivity index (χ2n) is 4.42. The zero-order chi connectivity index (χ0) is 9.28. The Morgan fingerprint density at radius 3 is 1.73 bits per heavy atom. The second kappa shape index (κ2) is 3.09. The molecule has 0 aliphatic carbocycles. The lowest BCUT2D eigenvalue weighted by molar-refractivity contribution is -0.0247. The minimum Gasteiger partial charge on any atom is -0.390 e. The summed E-state index contributed by atoms with van der Waals surface area (Å²) in [5.41, 5.74) is 4.12. The number of aliphatic hydroxyl groups excluding tert-OH is 1. The van der Waals surface area contributed by atoms with E-state index in [-0.39, 0.29) is 0 Å². The first-order valence-corrected chi connectivity index (χ1v) is 3.81. The lowest BCUT2D eigenvalue weighted by atomic mass is 9.80. The standard InChI is InChI=1S/C8H19NO2/c1-7(2,6(9)10)5-8(3,4)11/h6,10-11H,5,9H2,1-4H3. The Balaban J connectivity index is 4.13. The molecule has 0 fully saturated rings. The van der Waals surface area contributed by atoms with Gasteiger partial charge in [0, 0.05) is 5.41 Å². The van der Waals surface area contributed by atoms with Crippen LogP contribution in [0.2, 0.25) is 0 Å². The molecule has 0 bridgehead atoms. The van der Waals surface area contributed by atoms with Crippen molar-refractivity contribution < 1.29 is 10.2 Å². The maximum atomic E-state index is 9.44. The molecule has 0 saturated heterocycles. The van der Waals surface area contributed by atoms with Crippen molar-refractivity contribution in [3.63, 3.8) is 0 Å².